The molecule has 0 atom stereocenters. The molecule has 0 N–H and O–H groups in total. The third-order valence-corrected chi connectivity index (χ3v) is 5.69. The van der Waals surface area contributed by atoms with Gasteiger partial charge in [0, 0.05) is 21.2 Å². The van der Waals surface area contributed by atoms with E-state index in [1.54, 1.807) is 17.4 Å². The maximum atomic E-state index is 11.9. The van der Waals surface area contributed by atoms with Gasteiger partial charge in [-0.3, -0.25) is 9.59 Å². The lowest BCUT2D eigenvalue weighted by Gasteiger charge is -2.01. The summed E-state index contributed by atoms with van der Waals surface area (Å²) in [5, 5.41) is 6.74. The molecule has 0 amide bonds. The zero-order valence-electron chi connectivity index (χ0n) is 12.3. The monoisotopic (exact) mass is 363 g/mol. The van der Waals surface area contributed by atoms with Crippen molar-refractivity contribution in [3.05, 3.63) is 49.8 Å². The van der Waals surface area contributed by atoms with Gasteiger partial charge in [0.05, 0.1) is 17.0 Å². The van der Waals surface area contributed by atoms with Crippen LogP contribution in [-0.4, -0.2) is 23.3 Å². The van der Waals surface area contributed by atoms with E-state index < -0.39 is 5.97 Å². The summed E-state index contributed by atoms with van der Waals surface area (Å²) in [5.74, 6) is -0.609. The minimum absolute atomic E-state index is 0.0807. The molecule has 0 saturated heterocycles. The first-order chi connectivity index (χ1) is 11.1. The topological polar surface area (TPSA) is 56.3 Å². The number of thiazole rings is 1. The highest BCUT2D eigenvalue weighted by atomic mass is 32.1. The van der Waals surface area contributed by atoms with E-state index in [0.29, 0.717) is 10.6 Å². The van der Waals surface area contributed by atoms with Gasteiger partial charge in [-0.05, 0) is 30.5 Å². The van der Waals surface area contributed by atoms with Gasteiger partial charge in [0.25, 0.3) is 0 Å². The molecule has 3 rings (SSSR count). The average molecular weight is 363 g/mol. The molecule has 7 heteroatoms. The average Bonchev–Trinajstić information content (AvgIpc) is 3.25. The molecule has 0 unspecified atom stereocenters. The largest absolute Gasteiger partial charge is 0.457 e. The van der Waals surface area contributed by atoms with E-state index in [1.165, 1.54) is 22.7 Å². The fraction of sp³-hybridized carbons (Fsp3) is 0.188. The van der Waals surface area contributed by atoms with Crippen LogP contribution in [0.1, 0.15) is 20.2 Å². The predicted molar refractivity (Wildman–Crippen MR) is 93.5 cm³/mol. The lowest BCUT2D eigenvalue weighted by Crippen LogP contribution is -2.15. The highest BCUT2D eigenvalue weighted by molar-refractivity contribution is 7.14. The zero-order chi connectivity index (χ0) is 16.2. The second-order valence-electron chi connectivity index (χ2n) is 4.83. The number of ether oxygens (including phenoxy) is 1. The van der Waals surface area contributed by atoms with E-state index in [-0.39, 0.29) is 18.8 Å². The van der Waals surface area contributed by atoms with Crippen LogP contribution in [0.3, 0.4) is 0 Å². The third-order valence-electron chi connectivity index (χ3n) is 3.02. The molecule has 0 spiro atoms. The number of nitrogens with zero attached hydrogens (tertiary/aromatic N) is 1. The molecule has 3 heterocycles. The lowest BCUT2D eigenvalue weighted by molar-refractivity contribution is -0.141. The maximum Gasteiger partial charge on any atom is 0.312 e. The van der Waals surface area contributed by atoms with E-state index in [4.69, 9.17) is 4.74 Å². The summed E-state index contributed by atoms with van der Waals surface area (Å²) >= 11 is 4.51. The number of aromatic nitrogens is 1. The second kappa shape index (κ2) is 7.16. The van der Waals surface area contributed by atoms with Gasteiger partial charge in [0.2, 0.25) is 5.78 Å². The van der Waals surface area contributed by atoms with Gasteiger partial charge in [-0.25, -0.2) is 4.98 Å². The van der Waals surface area contributed by atoms with Gasteiger partial charge >= 0.3 is 5.97 Å². The highest BCUT2D eigenvalue weighted by Gasteiger charge is 2.14. The second-order valence-corrected chi connectivity index (χ2v) is 7.75. The van der Waals surface area contributed by atoms with E-state index in [9.17, 15) is 9.59 Å². The number of carbonyl (C=O) groups is 2. The van der Waals surface area contributed by atoms with Gasteiger partial charge in [-0.2, -0.15) is 11.3 Å². The Labute approximate surface area is 145 Å². The summed E-state index contributed by atoms with van der Waals surface area (Å²) < 4.78 is 5.06. The van der Waals surface area contributed by atoms with Crippen LogP contribution in [0.15, 0.2) is 34.3 Å². The van der Waals surface area contributed by atoms with Crippen molar-refractivity contribution in [1.82, 2.24) is 4.98 Å². The number of rotatable bonds is 6. The first kappa shape index (κ1) is 16.0. The standard InChI is InChI=1S/C16H13NO3S3/c1-10-2-3-14(23-10)13(18)7-20-15(19)6-12-9-22-16(17-12)11-4-5-21-8-11/h2-5,8-9H,6-7H2,1H3. The molecule has 0 aliphatic rings. The molecule has 3 aromatic heterocycles. The smallest absolute Gasteiger partial charge is 0.312 e. The van der Waals surface area contributed by atoms with Gasteiger partial charge in [0.1, 0.15) is 5.01 Å². The molecule has 23 heavy (non-hydrogen) atoms. The van der Waals surface area contributed by atoms with E-state index >= 15 is 0 Å². The number of thiophene rings is 2. The Morgan fingerprint density at radius 3 is 2.78 bits per heavy atom. The molecular weight excluding hydrogens is 350 g/mol. The van der Waals surface area contributed by atoms with Crippen molar-refractivity contribution in [1.29, 1.82) is 0 Å². The summed E-state index contributed by atoms with van der Waals surface area (Å²) in [4.78, 5) is 29.8. The summed E-state index contributed by atoms with van der Waals surface area (Å²) in [6, 6.07) is 5.62. The number of Topliss-reactive ketones (excluding diaryl/α,β-unsaturated/α-hetero) is 1. The third kappa shape index (κ3) is 4.13. The fourth-order valence-electron chi connectivity index (χ4n) is 1.91. The summed E-state index contributed by atoms with van der Waals surface area (Å²) in [5.41, 5.74) is 1.73. The van der Waals surface area contributed by atoms with Crippen molar-refractivity contribution in [3.63, 3.8) is 0 Å². The lowest BCUT2D eigenvalue weighted by atomic mass is 10.3. The molecule has 0 bridgehead atoms. The molecule has 0 saturated carbocycles. The van der Waals surface area contributed by atoms with Crippen molar-refractivity contribution in [2.45, 2.75) is 13.3 Å². The Morgan fingerprint density at radius 1 is 1.22 bits per heavy atom. The molecular formula is C16H13NO3S3. The van der Waals surface area contributed by atoms with Gasteiger partial charge in [-0.15, -0.1) is 22.7 Å². The number of hydrogen-bond donors (Lipinski definition) is 0. The first-order valence-corrected chi connectivity index (χ1v) is 9.48. The molecule has 0 aliphatic carbocycles. The van der Waals surface area contributed by atoms with Crippen molar-refractivity contribution in [2.75, 3.05) is 6.61 Å². The fourth-order valence-corrected chi connectivity index (χ4v) is 4.23. The summed E-state index contributed by atoms with van der Waals surface area (Å²) in [6.45, 7) is 1.71. The quantitative estimate of drug-likeness (QED) is 0.486. The van der Waals surface area contributed by atoms with Crippen molar-refractivity contribution >= 4 is 45.8 Å². The van der Waals surface area contributed by atoms with Crippen molar-refractivity contribution in [2.24, 2.45) is 0 Å². The van der Waals surface area contributed by atoms with Crippen LogP contribution in [-0.2, 0) is 16.0 Å². The maximum absolute atomic E-state index is 11.9. The van der Waals surface area contributed by atoms with Crippen LogP contribution in [0.2, 0.25) is 0 Å². The number of aryl methyl sites for hydroxylation is 1. The van der Waals surface area contributed by atoms with Crippen LogP contribution < -0.4 is 0 Å². The molecule has 0 fully saturated rings. The van der Waals surface area contributed by atoms with Crippen LogP contribution in [0.5, 0.6) is 0 Å². The molecule has 0 radical (unpaired) electrons. The van der Waals surface area contributed by atoms with E-state index in [1.807, 2.05) is 35.2 Å². The molecule has 3 aromatic rings. The minimum atomic E-state index is -0.436. The Balaban J connectivity index is 1.52. The highest BCUT2D eigenvalue weighted by Crippen LogP contribution is 2.25. The molecule has 4 nitrogen and oxygen atoms in total. The summed E-state index contributed by atoms with van der Waals surface area (Å²) in [7, 11) is 0. The summed E-state index contributed by atoms with van der Waals surface area (Å²) in [6.07, 6.45) is 0.0807. The van der Waals surface area contributed by atoms with Gasteiger partial charge in [0.15, 0.2) is 6.61 Å². The van der Waals surface area contributed by atoms with Crippen LogP contribution in [0.25, 0.3) is 10.6 Å². The number of carbonyl (C=O) groups excluding carboxylic acids is 2. The Morgan fingerprint density at radius 2 is 2.09 bits per heavy atom. The SMILES string of the molecule is Cc1ccc(C(=O)COC(=O)Cc2csc(-c3ccsc3)n2)s1. The Bertz CT molecular complexity index is 817. The number of hydrogen-bond acceptors (Lipinski definition) is 7. The Hall–Kier alpha value is -1.83. The van der Waals surface area contributed by atoms with Crippen molar-refractivity contribution in [3.8, 4) is 10.6 Å². The van der Waals surface area contributed by atoms with Gasteiger partial charge < -0.3 is 4.74 Å². The van der Waals surface area contributed by atoms with Crippen LogP contribution in [0.4, 0.5) is 0 Å². The first-order valence-electron chi connectivity index (χ1n) is 6.84. The normalized spacial score (nSPS) is 10.7. The number of ketones is 1. The Kier molecular flexibility index (Phi) is 5.00. The molecule has 118 valence electrons. The zero-order valence-corrected chi connectivity index (χ0v) is 14.7. The van der Waals surface area contributed by atoms with Crippen molar-refractivity contribution < 1.29 is 14.3 Å². The minimum Gasteiger partial charge on any atom is -0.457 e. The van der Waals surface area contributed by atoms with Crippen LogP contribution >= 0.6 is 34.0 Å². The van der Waals surface area contributed by atoms with E-state index in [0.717, 1.165) is 15.4 Å². The predicted octanol–water partition coefficient (Wildman–Crippen LogP) is 4.21. The van der Waals surface area contributed by atoms with Gasteiger partial charge in [-0.1, -0.05) is 0 Å². The number of esters is 1. The van der Waals surface area contributed by atoms with E-state index in [2.05, 4.69) is 4.98 Å². The molecule has 0 aliphatic heterocycles. The van der Waals surface area contributed by atoms with Crippen LogP contribution in [0, 0.1) is 6.92 Å². The molecule has 0 aromatic carbocycles.